The van der Waals surface area contributed by atoms with Crippen LogP contribution in [0.25, 0.3) is 0 Å². The van der Waals surface area contributed by atoms with Gasteiger partial charge in [0.05, 0.1) is 0 Å². The van der Waals surface area contributed by atoms with Gasteiger partial charge in [0, 0.05) is 30.8 Å². The molecule has 1 aromatic heterocycles. The minimum Gasteiger partial charge on any atom is -0.326 e. The molecule has 1 aromatic rings. The number of nitrogens with two attached hydrogens (primary N) is 1. The average Bonchev–Trinajstić information content (AvgIpc) is 2.15. The monoisotopic (exact) mass is 206 g/mol. The number of hydrogen-bond acceptors (Lipinski definition) is 3. The lowest BCUT2D eigenvalue weighted by Crippen LogP contribution is -2.32. The van der Waals surface area contributed by atoms with E-state index in [2.05, 4.69) is 4.98 Å². The molecule has 0 bridgehead atoms. The highest BCUT2D eigenvalue weighted by Gasteiger charge is 2.13. The fourth-order valence-corrected chi connectivity index (χ4v) is 1.28. The number of pyridine rings is 1. The van der Waals surface area contributed by atoms with Crippen LogP contribution in [0, 0.1) is 0 Å². The molecular weight excluding hydrogens is 188 g/mol. The summed E-state index contributed by atoms with van der Waals surface area (Å²) >= 11 is 0. The number of aromatic nitrogens is 1. The summed E-state index contributed by atoms with van der Waals surface area (Å²) in [6, 6.07) is 3.73. The highest BCUT2D eigenvalue weighted by atomic mass is 16.1. The Morgan fingerprint density at radius 3 is 2.53 bits per heavy atom. The quantitative estimate of drug-likeness (QED) is 0.798. The van der Waals surface area contributed by atoms with Crippen LogP contribution >= 0.6 is 0 Å². The zero-order chi connectivity index (χ0) is 11.3. The van der Waals surface area contributed by atoms with Crippen LogP contribution < -0.4 is 5.73 Å². The molecule has 0 aliphatic heterocycles. The van der Waals surface area contributed by atoms with Crippen LogP contribution in [-0.4, -0.2) is 16.3 Å². The van der Waals surface area contributed by atoms with Crippen LogP contribution in [0.2, 0.25) is 0 Å². The molecule has 82 valence electrons. The van der Waals surface area contributed by atoms with Gasteiger partial charge in [-0.05, 0) is 38.0 Å². The zero-order valence-electron chi connectivity index (χ0n) is 9.36. The van der Waals surface area contributed by atoms with Crippen molar-refractivity contribution in [2.45, 2.75) is 38.6 Å². The van der Waals surface area contributed by atoms with Gasteiger partial charge >= 0.3 is 0 Å². The van der Waals surface area contributed by atoms with E-state index in [1.165, 1.54) is 0 Å². The SMILES string of the molecule is CC(C)(N)CCC(=O)Cc1ccncc1. The van der Waals surface area contributed by atoms with E-state index in [9.17, 15) is 4.79 Å². The Labute approximate surface area is 90.7 Å². The number of hydrogen-bond donors (Lipinski definition) is 1. The van der Waals surface area contributed by atoms with E-state index < -0.39 is 0 Å². The first-order valence-corrected chi connectivity index (χ1v) is 5.17. The van der Waals surface area contributed by atoms with Crippen molar-refractivity contribution in [3.63, 3.8) is 0 Å². The van der Waals surface area contributed by atoms with Crippen molar-refractivity contribution in [3.05, 3.63) is 30.1 Å². The molecule has 0 saturated carbocycles. The molecule has 0 spiro atoms. The molecule has 0 fully saturated rings. The third-order valence-corrected chi connectivity index (χ3v) is 2.20. The molecule has 0 radical (unpaired) electrons. The van der Waals surface area contributed by atoms with Crippen LogP contribution in [0.15, 0.2) is 24.5 Å². The lowest BCUT2D eigenvalue weighted by molar-refractivity contribution is -0.118. The van der Waals surface area contributed by atoms with Gasteiger partial charge in [0.25, 0.3) is 0 Å². The average molecular weight is 206 g/mol. The smallest absolute Gasteiger partial charge is 0.137 e. The van der Waals surface area contributed by atoms with Crippen molar-refractivity contribution >= 4 is 5.78 Å². The molecule has 0 unspecified atom stereocenters. The van der Waals surface area contributed by atoms with Gasteiger partial charge in [-0.3, -0.25) is 9.78 Å². The normalized spacial score (nSPS) is 11.4. The first kappa shape index (κ1) is 11.9. The Bertz CT molecular complexity index is 314. The summed E-state index contributed by atoms with van der Waals surface area (Å²) in [5, 5.41) is 0. The predicted molar refractivity (Wildman–Crippen MR) is 60.4 cm³/mol. The van der Waals surface area contributed by atoms with Crippen LogP contribution in [0.1, 0.15) is 32.3 Å². The fourth-order valence-electron chi connectivity index (χ4n) is 1.28. The van der Waals surface area contributed by atoms with E-state index in [1.807, 2.05) is 26.0 Å². The molecule has 3 nitrogen and oxygen atoms in total. The van der Waals surface area contributed by atoms with Crippen LogP contribution in [0.4, 0.5) is 0 Å². The maximum absolute atomic E-state index is 11.6. The van der Waals surface area contributed by atoms with Crippen molar-refractivity contribution in [3.8, 4) is 0 Å². The summed E-state index contributed by atoms with van der Waals surface area (Å²) in [5.74, 6) is 0.236. The Hall–Kier alpha value is -1.22. The van der Waals surface area contributed by atoms with Crippen molar-refractivity contribution < 1.29 is 4.79 Å². The second-order valence-corrected chi connectivity index (χ2v) is 4.56. The summed E-state index contributed by atoms with van der Waals surface area (Å²) in [6.45, 7) is 3.87. The van der Waals surface area contributed by atoms with Crippen LogP contribution in [0.3, 0.4) is 0 Å². The van der Waals surface area contributed by atoms with Crippen molar-refractivity contribution in [2.24, 2.45) is 5.73 Å². The van der Waals surface area contributed by atoms with Crippen LogP contribution in [-0.2, 0) is 11.2 Å². The number of rotatable bonds is 5. The largest absolute Gasteiger partial charge is 0.326 e. The molecule has 2 N–H and O–H groups in total. The summed E-state index contributed by atoms with van der Waals surface area (Å²) in [7, 11) is 0. The Balaban J connectivity index is 2.38. The number of ketones is 1. The maximum Gasteiger partial charge on any atom is 0.137 e. The molecule has 1 heterocycles. The fraction of sp³-hybridized carbons (Fsp3) is 0.500. The highest BCUT2D eigenvalue weighted by Crippen LogP contribution is 2.09. The number of carbonyl (C=O) groups excluding carboxylic acids is 1. The molecular formula is C12H18N2O. The number of carbonyl (C=O) groups is 1. The molecule has 0 atom stereocenters. The van der Waals surface area contributed by atoms with Crippen molar-refractivity contribution in [1.82, 2.24) is 4.98 Å². The second kappa shape index (κ2) is 5.03. The Morgan fingerprint density at radius 1 is 1.40 bits per heavy atom. The van der Waals surface area contributed by atoms with Crippen molar-refractivity contribution in [1.29, 1.82) is 0 Å². The first-order chi connectivity index (χ1) is 6.97. The van der Waals surface area contributed by atoms with E-state index in [4.69, 9.17) is 5.73 Å². The van der Waals surface area contributed by atoms with E-state index >= 15 is 0 Å². The molecule has 0 aliphatic rings. The highest BCUT2D eigenvalue weighted by molar-refractivity contribution is 5.80. The van der Waals surface area contributed by atoms with Gasteiger partial charge in [-0.1, -0.05) is 0 Å². The molecule has 3 heteroatoms. The van der Waals surface area contributed by atoms with E-state index in [1.54, 1.807) is 12.4 Å². The van der Waals surface area contributed by atoms with Gasteiger partial charge in [0.15, 0.2) is 0 Å². The molecule has 15 heavy (non-hydrogen) atoms. The van der Waals surface area contributed by atoms with E-state index in [0.717, 1.165) is 12.0 Å². The van der Waals surface area contributed by atoms with Gasteiger partial charge in [-0.25, -0.2) is 0 Å². The Morgan fingerprint density at radius 2 is 2.00 bits per heavy atom. The maximum atomic E-state index is 11.6. The summed E-state index contributed by atoms with van der Waals surface area (Å²) in [6.07, 6.45) is 5.17. The predicted octanol–water partition coefficient (Wildman–Crippen LogP) is 1.71. The standard InChI is InChI=1S/C12H18N2O/c1-12(2,13)6-3-11(15)9-10-4-7-14-8-5-10/h4-5,7-8H,3,6,9,13H2,1-2H3. The van der Waals surface area contributed by atoms with Gasteiger partial charge in [0.2, 0.25) is 0 Å². The van der Waals surface area contributed by atoms with Gasteiger partial charge in [-0.15, -0.1) is 0 Å². The first-order valence-electron chi connectivity index (χ1n) is 5.17. The topological polar surface area (TPSA) is 56.0 Å². The van der Waals surface area contributed by atoms with Gasteiger partial charge in [0.1, 0.15) is 5.78 Å². The minimum absolute atomic E-state index is 0.236. The second-order valence-electron chi connectivity index (χ2n) is 4.56. The van der Waals surface area contributed by atoms with Gasteiger partial charge in [-0.2, -0.15) is 0 Å². The third-order valence-electron chi connectivity index (χ3n) is 2.20. The third kappa shape index (κ3) is 5.27. The lowest BCUT2D eigenvalue weighted by Gasteiger charge is -2.17. The number of nitrogens with zero attached hydrogens (tertiary/aromatic N) is 1. The zero-order valence-corrected chi connectivity index (χ0v) is 9.36. The summed E-state index contributed by atoms with van der Waals surface area (Å²) in [4.78, 5) is 15.5. The van der Waals surface area contributed by atoms with E-state index in [-0.39, 0.29) is 11.3 Å². The molecule has 0 aromatic carbocycles. The van der Waals surface area contributed by atoms with Gasteiger partial charge < -0.3 is 5.73 Å². The lowest BCUT2D eigenvalue weighted by atomic mass is 9.96. The minimum atomic E-state index is -0.256. The molecule has 1 rings (SSSR count). The van der Waals surface area contributed by atoms with E-state index in [0.29, 0.717) is 12.8 Å². The van der Waals surface area contributed by atoms with Crippen molar-refractivity contribution in [2.75, 3.05) is 0 Å². The molecule has 0 amide bonds. The summed E-state index contributed by atoms with van der Waals surface area (Å²) in [5.41, 5.74) is 6.58. The number of Topliss-reactive ketones (excluding diaryl/α,β-unsaturated/α-hetero) is 1. The van der Waals surface area contributed by atoms with Crippen LogP contribution in [0.5, 0.6) is 0 Å². The Kier molecular flexibility index (Phi) is 3.97. The molecule has 0 aliphatic carbocycles. The summed E-state index contributed by atoms with van der Waals surface area (Å²) < 4.78 is 0. The molecule has 0 saturated heterocycles.